The lowest BCUT2D eigenvalue weighted by Gasteiger charge is -2.11. The van der Waals surface area contributed by atoms with Gasteiger partial charge in [-0.1, -0.05) is 0 Å². The van der Waals surface area contributed by atoms with Crippen molar-refractivity contribution < 1.29 is 8.42 Å². The van der Waals surface area contributed by atoms with Gasteiger partial charge in [-0.15, -0.1) is 0 Å². The summed E-state index contributed by atoms with van der Waals surface area (Å²) in [7, 11) is -2.92. The minimum Gasteiger partial charge on any atom is -0.369 e. The molecule has 1 fully saturated rings. The molecule has 0 radical (unpaired) electrons. The van der Waals surface area contributed by atoms with E-state index in [9.17, 15) is 8.42 Å². The third-order valence-corrected chi connectivity index (χ3v) is 5.25. The molecule has 1 aliphatic heterocycles. The highest BCUT2D eigenvalue weighted by atomic mass is 35.5. The van der Waals surface area contributed by atoms with Gasteiger partial charge in [0, 0.05) is 18.3 Å². The number of hydrogen-bond acceptors (Lipinski definition) is 5. The van der Waals surface area contributed by atoms with E-state index in [-0.39, 0.29) is 10.5 Å². The number of rotatable bonds is 3. The Kier molecular flexibility index (Phi) is 3.53. The molecule has 0 amide bonds. The van der Waals surface area contributed by atoms with Crippen molar-refractivity contribution in [3.63, 3.8) is 0 Å². The number of nitrogens with one attached hydrogen (secondary N) is 1. The van der Waals surface area contributed by atoms with Crippen molar-refractivity contribution in [2.24, 2.45) is 0 Å². The van der Waals surface area contributed by atoms with Gasteiger partial charge in [0.2, 0.25) is 5.28 Å². The molecule has 1 unspecified atom stereocenters. The molecule has 1 aliphatic rings. The Morgan fingerprint density at radius 3 is 2.88 bits per heavy atom. The first-order chi connectivity index (χ1) is 7.97. The van der Waals surface area contributed by atoms with E-state index in [1.54, 1.807) is 6.07 Å². The lowest BCUT2D eigenvalue weighted by molar-refractivity contribution is 0.591. The molecule has 0 saturated carbocycles. The molecule has 2 heterocycles. The summed E-state index contributed by atoms with van der Waals surface area (Å²) < 4.78 is 23.2. The molecule has 94 valence electrons. The number of anilines is 1. The number of nitrogens with zero attached hydrogens (tertiary/aromatic N) is 2. The first kappa shape index (κ1) is 12.6. The largest absolute Gasteiger partial charge is 0.369 e. The topological polar surface area (TPSA) is 72.0 Å². The predicted molar refractivity (Wildman–Crippen MR) is 67.1 cm³/mol. The van der Waals surface area contributed by atoms with Crippen LogP contribution in [-0.4, -0.2) is 35.9 Å². The van der Waals surface area contributed by atoms with Crippen molar-refractivity contribution in [2.75, 3.05) is 17.6 Å². The monoisotopic (exact) mass is 275 g/mol. The minimum atomic E-state index is -2.92. The van der Waals surface area contributed by atoms with E-state index in [1.807, 2.05) is 6.92 Å². The third kappa shape index (κ3) is 3.07. The van der Waals surface area contributed by atoms with Crippen LogP contribution >= 0.6 is 11.6 Å². The summed E-state index contributed by atoms with van der Waals surface area (Å²) in [5, 5.41) is 2.87. The second kappa shape index (κ2) is 4.78. The van der Waals surface area contributed by atoms with Gasteiger partial charge in [-0.05, 0) is 31.4 Å². The standard InChI is InChI=1S/C10H14ClN3O2S/c1-7-5-9(14-10(11)13-7)12-6-8-3-2-4-17(8,15)16/h5,8H,2-4,6H2,1H3,(H,12,13,14). The summed E-state index contributed by atoms with van der Waals surface area (Å²) in [5.74, 6) is 0.868. The number of hydrogen-bond donors (Lipinski definition) is 1. The highest BCUT2D eigenvalue weighted by Crippen LogP contribution is 2.20. The maximum absolute atomic E-state index is 11.6. The van der Waals surface area contributed by atoms with E-state index in [4.69, 9.17) is 11.6 Å². The summed E-state index contributed by atoms with van der Waals surface area (Å²) in [5.41, 5.74) is 0.752. The normalized spacial score (nSPS) is 22.6. The maximum Gasteiger partial charge on any atom is 0.224 e. The zero-order valence-electron chi connectivity index (χ0n) is 9.48. The summed E-state index contributed by atoms with van der Waals surface area (Å²) in [6.45, 7) is 2.19. The SMILES string of the molecule is Cc1cc(NCC2CCCS2(=O)=O)nc(Cl)n1. The minimum absolute atomic E-state index is 0.168. The van der Waals surface area contributed by atoms with Crippen molar-refractivity contribution in [3.05, 3.63) is 17.0 Å². The molecular formula is C10H14ClN3O2S. The zero-order chi connectivity index (χ0) is 12.5. The first-order valence-electron chi connectivity index (χ1n) is 5.44. The Morgan fingerprint density at radius 2 is 2.29 bits per heavy atom. The molecule has 1 atom stereocenters. The molecule has 5 nitrogen and oxygen atoms in total. The predicted octanol–water partition coefficient (Wildman–Crippen LogP) is 1.43. The second-order valence-corrected chi connectivity index (χ2v) is 6.91. The van der Waals surface area contributed by atoms with Crippen molar-refractivity contribution in [3.8, 4) is 0 Å². The van der Waals surface area contributed by atoms with Crippen LogP contribution in [0, 0.1) is 6.92 Å². The van der Waals surface area contributed by atoms with Gasteiger partial charge in [0.15, 0.2) is 9.84 Å². The van der Waals surface area contributed by atoms with Crippen LogP contribution in [0.5, 0.6) is 0 Å². The fourth-order valence-corrected chi connectivity index (χ4v) is 3.92. The molecule has 1 aromatic heterocycles. The van der Waals surface area contributed by atoms with Crippen molar-refractivity contribution in [1.82, 2.24) is 9.97 Å². The molecule has 0 aromatic carbocycles. The summed E-state index contributed by atoms with van der Waals surface area (Å²) in [4.78, 5) is 7.93. The van der Waals surface area contributed by atoms with Crippen LogP contribution in [0.15, 0.2) is 6.07 Å². The van der Waals surface area contributed by atoms with Gasteiger partial charge in [0.1, 0.15) is 5.82 Å². The van der Waals surface area contributed by atoms with Gasteiger partial charge < -0.3 is 5.32 Å². The fraction of sp³-hybridized carbons (Fsp3) is 0.600. The van der Waals surface area contributed by atoms with E-state index < -0.39 is 9.84 Å². The molecule has 0 spiro atoms. The van der Waals surface area contributed by atoms with Gasteiger partial charge in [-0.25, -0.2) is 18.4 Å². The van der Waals surface area contributed by atoms with Crippen LogP contribution in [-0.2, 0) is 9.84 Å². The summed E-state index contributed by atoms with van der Waals surface area (Å²) >= 11 is 5.72. The molecule has 2 rings (SSSR count). The van der Waals surface area contributed by atoms with Gasteiger partial charge in [-0.3, -0.25) is 0 Å². The van der Waals surface area contributed by atoms with Crippen molar-refractivity contribution in [2.45, 2.75) is 25.0 Å². The van der Waals surface area contributed by atoms with Crippen molar-refractivity contribution >= 4 is 27.3 Å². The lowest BCUT2D eigenvalue weighted by Crippen LogP contribution is -2.25. The van der Waals surface area contributed by atoms with Gasteiger partial charge in [0.05, 0.1) is 11.0 Å². The van der Waals surface area contributed by atoms with Crippen LogP contribution < -0.4 is 5.32 Å². The number of aromatic nitrogens is 2. The smallest absolute Gasteiger partial charge is 0.224 e. The second-order valence-electron chi connectivity index (χ2n) is 4.18. The third-order valence-electron chi connectivity index (χ3n) is 2.80. The quantitative estimate of drug-likeness (QED) is 0.845. The van der Waals surface area contributed by atoms with Gasteiger partial charge >= 0.3 is 0 Å². The Morgan fingerprint density at radius 1 is 1.53 bits per heavy atom. The summed E-state index contributed by atoms with van der Waals surface area (Å²) in [6.07, 6.45) is 1.46. The molecule has 0 aliphatic carbocycles. The van der Waals surface area contributed by atoms with E-state index >= 15 is 0 Å². The molecule has 0 bridgehead atoms. The lowest BCUT2D eigenvalue weighted by atomic mass is 10.2. The molecule has 1 N–H and O–H groups in total. The number of halogens is 1. The van der Waals surface area contributed by atoms with Crippen LogP contribution in [0.1, 0.15) is 18.5 Å². The first-order valence-corrected chi connectivity index (χ1v) is 7.53. The zero-order valence-corrected chi connectivity index (χ0v) is 11.1. The average Bonchev–Trinajstić information content (AvgIpc) is 2.53. The molecule has 17 heavy (non-hydrogen) atoms. The fourth-order valence-electron chi connectivity index (χ4n) is 1.93. The van der Waals surface area contributed by atoms with Crippen LogP contribution in [0.25, 0.3) is 0 Å². The van der Waals surface area contributed by atoms with E-state index in [0.717, 1.165) is 12.1 Å². The molecule has 7 heteroatoms. The van der Waals surface area contributed by atoms with E-state index in [2.05, 4.69) is 15.3 Å². The average molecular weight is 276 g/mol. The van der Waals surface area contributed by atoms with Crippen LogP contribution in [0.4, 0.5) is 5.82 Å². The Hall–Kier alpha value is -0.880. The van der Waals surface area contributed by atoms with Gasteiger partial charge in [-0.2, -0.15) is 0 Å². The molecular weight excluding hydrogens is 262 g/mol. The molecule has 1 aromatic rings. The molecule has 1 saturated heterocycles. The Balaban J connectivity index is 2.03. The van der Waals surface area contributed by atoms with Gasteiger partial charge in [0.25, 0.3) is 0 Å². The van der Waals surface area contributed by atoms with E-state index in [0.29, 0.717) is 24.5 Å². The maximum atomic E-state index is 11.6. The number of aryl methyl sites for hydroxylation is 1. The Labute approximate surface area is 106 Å². The van der Waals surface area contributed by atoms with E-state index in [1.165, 1.54) is 0 Å². The summed E-state index contributed by atoms with van der Waals surface area (Å²) in [6, 6.07) is 1.74. The number of sulfone groups is 1. The highest BCUT2D eigenvalue weighted by Gasteiger charge is 2.30. The van der Waals surface area contributed by atoms with Crippen LogP contribution in [0.2, 0.25) is 5.28 Å². The highest BCUT2D eigenvalue weighted by molar-refractivity contribution is 7.92. The Bertz CT molecular complexity index is 498. The van der Waals surface area contributed by atoms with Crippen LogP contribution in [0.3, 0.4) is 0 Å². The van der Waals surface area contributed by atoms with Crippen molar-refractivity contribution in [1.29, 1.82) is 0 Å².